The van der Waals surface area contributed by atoms with Gasteiger partial charge in [-0.2, -0.15) is 0 Å². The van der Waals surface area contributed by atoms with Crippen molar-refractivity contribution in [1.82, 2.24) is 9.55 Å². The minimum atomic E-state index is 0.336. The van der Waals surface area contributed by atoms with Crippen LogP contribution in [0.3, 0.4) is 0 Å². The first kappa shape index (κ1) is 12.2. The molecule has 0 aliphatic carbocycles. The van der Waals surface area contributed by atoms with Gasteiger partial charge in [-0.3, -0.25) is 0 Å². The fraction of sp³-hybridized carbons (Fsp3) is 0.750. The Balaban J connectivity index is 2.27. The Morgan fingerprint density at radius 3 is 2.93 bits per heavy atom. The predicted molar refractivity (Wildman–Crippen MR) is 63.7 cm³/mol. The van der Waals surface area contributed by atoms with Crippen LogP contribution < -0.4 is 5.73 Å². The molecule has 0 saturated heterocycles. The molecule has 0 saturated carbocycles. The lowest BCUT2D eigenvalue weighted by Crippen LogP contribution is -2.14. The van der Waals surface area contributed by atoms with E-state index >= 15 is 0 Å². The van der Waals surface area contributed by atoms with Crippen LogP contribution in [0.1, 0.15) is 45.4 Å². The summed E-state index contributed by atoms with van der Waals surface area (Å²) < 4.78 is 2.27. The molecule has 0 bridgehead atoms. The summed E-state index contributed by atoms with van der Waals surface area (Å²) in [6.45, 7) is 5.34. The maximum Gasteiger partial charge on any atom is 0.108 e. The molecule has 0 fully saturated rings. The molecule has 86 valence electrons. The van der Waals surface area contributed by atoms with Gasteiger partial charge < -0.3 is 10.3 Å². The van der Waals surface area contributed by atoms with Gasteiger partial charge in [0.1, 0.15) is 5.82 Å². The summed E-state index contributed by atoms with van der Waals surface area (Å²) in [5.41, 5.74) is 5.71. The first-order valence-electron chi connectivity index (χ1n) is 5.99. The van der Waals surface area contributed by atoms with Gasteiger partial charge in [0.2, 0.25) is 0 Å². The van der Waals surface area contributed by atoms with Crippen molar-refractivity contribution in [2.45, 2.75) is 58.5 Å². The molecule has 1 aromatic heterocycles. The molecule has 0 radical (unpaired) electrons. The summed E-state index contributed by atoms with van der Waals surface area (Å²) in [7, 11) is 0. The number of hydrogen-bond donors (Lipinski definition) is 1. The minimum absolute atomic E-state index is 0.336. The number of imidazole rings is 1. The van der Waals surface area contributed by atoms with Crippen molar-refractivity contribution >= 4 is 0 Å². The molecule has 1 heterocycles. The maximum absolute atomic E-state index is 5.71. The second-order valence-electron chi connectivity index (χ2n) is 4.26. The summed E-state index contributed by atoms with van der Waals surface area (Å²) in [6.07, 6.45) is 9.76. The second-order valence-corrected chi connectivity index (χ2v) is 4.26. The van der Waals surface area contributed by atoms with E-state index in [-0.39, 0.29) is 0 Å². The van der Waals surface area contributed by atoms with Gasteiger partial charge in [0, 0.05) is 31.4 Å². The number of rotatable bonds is 7. The van der Waals surface area contributed by atoms with Crippen LogP contribution >= 0.6 is 0 Å². The van der Waals surface area contributed by atoms with Gasteiger partial charge in [-0.25, -0.2) is 4.98 Å². The molecule has 1 rings (SSSR count). The SMILES string of the molecule is CCCc1nccn1CCCCC(C)N. The van der Waals surface area contributed by atoms with Gasteiger partial charge in [0.05, 0.1) is 0 Å². The van der Waals surface area contributed by atoms with Crippen molar-refractivity contribution in [1.29, 1.82) is 0 Å². The number of nitrogens with zero attached hydrogens (tertiary/aromatic N) is 2. The average Bonchev–Trinajstić information content (AvgIpc) is 2.61. The van der Waals surface area contributed by atoms with E-state index in [2.05, 4.69) is 29.6 Å². The molecule has 1 unspecified atom stereocenters. The lowest BCUT2D eigenvalue weighted by atomic mass is 10.1. The highest BCUT2D eigenvalue weighted by molar-refractivity contribution is 4.92. The molecule has 0 aromatic carbocycles. The third-order valence-corrected chi connectivity index (χ3v) is 2.58. The molecule has 0 amide bonds. The maximum atomic E-state index is 5.71. The van der Waals surface area contributed by atoms with Crippen LogP contribution in [0.4, 0.5) is 0 Å². The normalized spacial score (nSPS) is 13.0. The number of nitrogens with two attached hydrogens (primary N) is 1. The third kappa shape index (κ3) is 4.47. The molecular weight excluding hydrogens is 186 g/mol. The van der Waals surface area contributed by atoms with E-state index in [0.717, 1.165) is 25.8 Å². The highest BCUT2D eigenvalue weighted by Gasteiger charge is 2.01. The van der Waals surface area contributed by atoms with Crippen molar-refractivity contribution in [2.24, 2.45) is 5.73 Å². The van der Waals surface area contributed by atoms with E-state index in [9.17, 15) is 0 Å². The van der Waals surface area contributed by atoms with Crippen molar-refractivity contribution < 1.29 is 0 Å². The zero-order valence-electron chi connectivity index (χ0n) is 9.95. The molecule has 3 heteroatoms. The highest BCUT2D eigenvalue weighted by Crippen LogP contribution is 2.05. The minimum Gasteiger partial charge on any atom is -0.335 e. The Morgan fingerprint density at radius 2 is 2.27 bits per heavy atom. The van der Waals surface area contributed by atoms with Crippen molar-refractivity contribution in [3.63, 3.8) is 0 Å². The molecule has 0 aliphatic rings. The number of aromatic nitrogens is 2. The van der Waals surface area contributed by atoms with Gasteiger partial charge >= 0.3 is 0 Å². The summed E-state index contributed by atoms with van der Waals surface area (Å²) in [5, 5.41) is 0. The second kappa shape index (κ2) is 6.62. The van der Waals surface area contributed by atoms with Crippen LogP contribution in [0.2, 0.25) is 0 Å². The summed E-state index contributed by atoms with van der Waals surface area (Å²) in [4.78, 5) is 4.36. The smallest absolute Gasteiger partial charge is 0.108 e. The Kier molecular flexibility index (Phi) is 5.40. The molecule has 0 spiro atoms. The molecule has 1 aromatic rings. The van der Waals surface area contributed by atoms with Crippen molar-refractivity contribution in [2.75, 3.05) is 0 Å². The molecule has 2 N–H and O–H groups in total. The van der Waals surface area contributed by atoms with E-state index in [1.54, 1.807) is 0 Å². The Hall–Kier alpha value is -0.830. The van der Waals surface area contributed by atoms with Crippen LogP contribution in [0, 0.1) is 0 Å². The Labute approximate surface area is 92.7 Å². The largest absolute Gasteiger partial charge is 0.335 e. The zero-order valence-corrected chi connectivity index (χ0v) is 9.95. The number of unbranched alkanes of at least 4 members (excludes halogenated alkanes) is 1. The molecule has 3 nitrogen and oxygen atoms in total. The zero-order chi connectivity index (χ0) is 11.1. The van der Waals surface area contributed by atoms with Crippen LogP contribution in [-0.2, 0) is 13.0 Å². The molecular formula is C12H23N3. The Morgan fingerprint density at radius 1 is 1.47 bits per heavy atom. The standard InChI is InChI=1S/C12H23N3/c1-3-6-12-14-8-10-15(12)9-5-4-7-11(2)13/h8,10-11H,3-7,9,13H2,1-2H3. The van der Waals surface area contributed by atoms with Crippen LogP contribution in [0.15, 0.2) is 12.4 Å². The number of hydrogen-bond acceptors (Lipinski definition) is 2. The first-order chi connectivity index (χ1) is 7.24. The molecule has 15 heavy (non-hydrogen) atoms. The fourth-order valence-corrected chi connectivity index (χ4v) is 1.74. The van der Waals surface area contributed by atoms with E-state index in [1.165, 1.54) is 18.7 Å². The Bertz CT molecular complexity index is 266. The van der Waals surface area contributed by atoms with E-state index in [1.807, 2.05) is 6.20 Å². The van der Waals surface area contributed by atoms with E-state index in [4.69, 9.17) is 5.73 Å². The monoisotopic (exact) mass is 209 g/mol. The van der Waals surface area contributed by atoms with Crippen LogP contribution in [0.25, 0.3) is 0 Å². The topological polar surface area (TPSA) is 43.8 Å². The summed E-state index contributed by atoms with van der Waals surface area (Å²) in [6, 6.07) is 0.336. The first-order valence-corrected chi connectivity index (χ1v) is 5.99. The summed E-state index contributed by atoms with van der Waals surface area (Å²) in [5.74, 6) is 1.22. The van der Waals surface area contributed by atoms with Crippen LogP contribution in [0.5, 0.6) is 0 Å². The van der Waals surface area contributed by atoms with E-state index in [0.29, 0.717) is 6.04 Å². The fourth-order valence-electron chi connectivity index (χ4n) is 1.74. The average molecular weight is 209 g/mol. The van der Waals surface area contributed by atoms with Crippen LogP contribution in [-0.4, -0.2) is 15.6 Å². The lowest BCUT2D eigenvalue weighted by molar-refractivity contribution is 0.537. The van der Waals surface area contributed by atoms with Crippen molar-refractivity contribution in [3.8, 4) is 0 Å². The molecule has 0 aliphatic heterocycles. The van der Waals surface area contributed by atoms with Gasteiger partial charge in [0.15, 0.2) is 0 Å². The molecule has 1 atom stereocenters. The van der Waals surface area contributed by atoms with Crippen molar-refractivity contribution in [3.05, 3.63) is 18.2 Å². The van der Waals surface area contributed by atoms with Gasteiger partial charge in [-0.05, 0) is 26.2 Å². The lowest BCUT2D eigenvalue weighted by Gasteiger charge is -2.08. The predicted octanol–water partition coefficient (Wildman–Crippen LogP) is 2.35. The number of aryl methyl sites for hydroxylation is 2. The van der Waals surface area contributed by atoms with Gasteiger partial charge in [-0.15, -0.1) is 0 Å². The van der Waals surface area contributed by atoms with E-state index < -0.39 is 0 Å². The third-order valence-electron chi connectivity index (χ3n) is 2.58. The van der Waals surface area contributed by atoms with Gasteiger partial charge in [0.25, 0.3) is 0 Å². The van der Waals surface area contributed by atoms with Gasteiger partial charge in [-0.1, -0.05) is 13.3 Å². The highest BCUT2D eigenvalue weighted by atomic mass is 15.1. The summed E-state index contributed by atoms with van der Waals surface area (Å²) >= 11 is 0. The quantitative estimate of drug-likeness (QED) is 0.701.